The molecule has 182 valence electrons. The van der Waals surface area contributed by atoms with Crippen molar-refractivity contribution in [2.45, 2.75) is 25.2 Å². The highest BCUT2D eigenvalue weighted by molar-refractivity contribution is 7.99. The zero-order valence-corrected chi connectivity index (χ0v) is 20.7. The molecule has 1 N–H and O–H groups in total. The fraction of sp³-hybridized carbons (Fsp3) is 0.240. The molecule has 0 radical (unpaired) electrons. The Hall–Kier alpha value is -3.14. The van der Waals surface area contributed by atoms with E-state index in [1.807, 2.05) is 43.3 Å². The lowest BCUT2D eigenvalue weighted by molar-refractivity contribution is 0.269. The summed E-state index contributed by atoms with van der Waals surface area (Å²) in [6, 6.07) is 19.6. The highest BCUT2D eigenvalue weighted by Crippen LogP contribution is 2.34. The van der Waals surface area contributed by atoms with Crippen molar-refractivity contribution in [2.24, 2.45) is 0 Å². The highest BCUT2D eigenvalue weighted by Gasteiger charge is 2.12. The Morgan fingerprint density at radius 1 is 1.03 bits per heavy atom. The second kappa shape index (κ2) is 12.5. The van der Waals surface area contributed by atoms with E-state index in [-0.39, 0.29) is 12.4 Å². The van der Waals surface area contributed by atoms with Crippen LogP contribution in [0.2, 0.25) is 5.02 Å². The largest absolute Gasteiger partial charge is 0.490 e. The number of tetrazole rings is 1. The molecule has 4 rings (SSSR count). The van der Waals surface area contributed by atoms with Gasteiger partial charge in [0.1, 0.15) is 12.4 Å². The summed E-state index contributed by atoms with van der Waals surface area (Å²) < 4.78 is 26.5. The molecule has 0 fully saturated rings. The summed E-state index contributed by atoms with van der Waals surface area (Å²) in [5.41, 5.74) is 2.68. The summed E-state index contributed by atoms with van der Waals surface area (Å²) in [7, 11) is 0. The van der Waals surface area contributed by atoms with E-state index >= 15 is 0 Å². The van der Waals surface area contributed by atoms with Gasteiger partial charge in [0, 0.05) is 29.9 Å². The number of nitrogens with one attached hydrogen (secondary N) is 1. The number of para-hydroxylation sites is 1. The number of hydrogen-bond acceptors (Lipinski definition) is 7. The van der Waals surface area contributed by atoms with Crippen molar-refractivity contribution in [2.75, 3.05) is 18.9 Å². The number of rotatable bonds is 12. The number of halogens is 2. The minimum atomic E-state index is -0.281. The lowest BCUT2D eigenvalue weighted by Crippen LogP contribution is -2.17. The molecule has 0 bridgehead atoms. The molecule has 0 unspecified atom stereocenters. The van der Waals surface area contributed by atoms with Gasteiger partial charge in [-0.2, -0.15) is 4.68 Å². The van der Waals surface area contributed by atoms with Crippen LogP contribution in [0.5, 0.6) is 11.5 Å². The highest BCUT2D eigenvalue weighted by atomic mass is 35.5. The van der Waals surface area contributed by atoms with Crippen LogP contribution in [0, 0.1) is 5.82 Å². The molecular weight excluding hydrogens is 489 g/mol. The van der Waals surface area contributed by atoms with Gasteiger partial charge in [-0.1, -0.05) is 53.7 Å². The Kier molecular flexibility index (Phi) is 8.94. The molecule has 3 aromatic carbocycles. The Morgan fingerprint density at radius 3 is 2.57 bits per heavy atom. The average molecular weight is 514 g/mol. The van der Waals surface area contributed by atoms with Crippen LogP contribution in [0.15, 0.2) is 71.9 Å². The van der Waals surface area contributed by atoms with Gasteiger partial charge >= 0.3 is 0 Å². The van der Waals surface area contributed by atoms with Crippen LogP contribution in [-0.4, -0.2) is 39.1 Å². The first-order chi connectivity index (χ1) is 17.1. The summed E-state index contributed by atoms with van der Waals surface area (Å²) in [6.45, 7) is 4.00. The molecule has 0 saturated heterocycles. The molecule has 0 atom stereocenters. The maximum Gasteiger partial charge on any atom is 0.214 e. The zero-order chi connectivity index (χ0) is 24.5. The van der Waals surface area contributed by atoms with Crippen molar-refractivity contribution in [3.63, 3.8) is 0 Å². The van der Waals surface area contributed by atoms with E-state index in [4.69, 9.17) is 21.1 Å². The quantitative estimate of drug-likeness (QED) is 0.203. The first-order valence-corrected chi connectivity index (χ1v) is 12.5. The normalized spacial score (nSPS) is 10.9. The molecule has 10 heteroatoms. The van der Waals surface area contributed by atoms with Gasteiger partial charge < -0.3 is 14.8 Å². The van der Waals surface area contributed by atoms with Crippen molar-refractivity contribution in [3.8, 4) is 17.2 Å². The predicted molar refractivity (Wildman–Crippen MR) is 135 cm³/mol. The van der Waals surface area contributed by atoms with E-state index in [9.17, 15) is 4.39 Å². The molecule has 0 aliphatic heterocycles. The van der Waals surface area contributed by atoms with Crippen molar-refractivity contribution >= 4 is 23.4 Å². The van der Waals surface area contributed by atoms with Gasteiger partial charge in [0.2, 0.25) is 5.16 Å². The number of aromatic nitrogens is 4. The fourth-order valence-corrected chi connectivity index (χ4v) is 4.28. The molecule has 35 heavy (non-hydrogen) atoms. The minimum absolute atomic E-state index is 0.281. The van der Waals surface area contributed by atoms with E-state index in [1.54, 1.807) is 34.6 Å². The number of thioether (sulfide) groups is 1. The van der Waals surface area contributed by atoms with Crippen molar-refractivity contribution < 1.29 is 13.9 Å². The maximum atomic E-state index is 13.1. The van der Waals surface area contributed by atoms with Crippen LogP contribution in [0.3, 0.4) is 0 Å². The predicted octanol–water partition coefficient (Wildman–Crippen LogP) is 5.31. The SMILES string of the molecule is CCOc1cc(CNCCSc2nnnn2-c2ccccc2)c(Cl)cc1OCc1ccc(F)cc1. The van der Waals surface area contributed by atoms with E-state index in [0.29, 0.717) is 29.7 Å². The van der Waals surface area contributed by atoms with Crippen molar-refractivity contribution in [1.29, 1.82) is 0 Å². The third-order valence-corrected chi connectivity index (χ3v) is 6.26. The smallest absolute Gasteiger partial charge is 0.214 e. The Morgan fingerprint density at radius 2 is 1.80 bits per heavy atom. The standard InChI is InChI=1S/C25H25ClFN5O2S/c1-2-33-23-14-19(22(26)15-24(23)34-17-18-8-10-20(27)11-9-18)16-28-12-13-35-25-29-30-31-32(25)21-6-4-3-5-7-21/h3-11,14-15,28H,2,12-13,16-17H2,1H3. The molecule has 0 aliphatic rings. The van der Waals surface area contributed by atoms with E-state index in [2.05, 4.69) is 20.8 Å². The van der Waals surface area contributed by atoms with E-state index in [0.717, 1.165) is 34.3 Å². The molecule has 0 aliphatic carbocycles. The van der Waals surface area contributed by atoms with E-state index < -0.39 is 0 Å². The second-order valence-electron chi connectivity index (χ2n) is 7.47. The number of nitrogens with zero attached hydrogens (tertiary/aromatic N) is 4. The van der Waals surface area contributed by atoms with Crippen LogP contribution < -0.4 is 14.8 Å². The fourth-order valence-electron chi connectivity index (χ4n) is 3.27. The molecule has 7 nitrogen and oxygen atoms in total. The van der Waals surface area contributed by atoms with Gasteiger partial charge in [0.05, 0.1) is 12.3 Å². The molecular formula is C25H25ClFN5O2S. The molecule has 4 aromatic rings. The zero-order valence-electron chi connectivity index (χ0n) is 19.2. The van der Waals surface area contributed by atoms with Gasteiger partial charge in [-0.25, -0.2) is 4.39 Å². The lowest BCUT2D eigenvalue weighted by atomic mass is 10.2. The van der Waals surface area contributed by atoms with Gasteiger partial charge in [-0.05, 0) is 58.8 Å². The molecule has 1 aromatic heterocycles. The van der Waals surface area contributed by atoms with Crippen LogP contribution in [0.25, 0.3) is 5.69 Å². The third kappa shape index (κ3) is 6.94. The van der Waals surface area contributed by atoms with E-state index in [1.165, 1.54) is 12.1 Å². The summed E-state index contributed by atoms with van der Waals surface area (Å²) >= 11 is 8.10. The Labute approximate surface area is 212 Å². The summed E-state index contributed by atoms with van der Waals surface area (Å²) in [5, 5.41) is 16.7. The summed E-state index contributed by atoms with van der Waals surface area (Å²) in [4.78, 5) is 0. The summed E-state index contributed by atoms with van der Waals surface area (Å²) in [5.74, 6) is 1.67. The lowest BCUT2D eigenvalue weighted by Gasteiger charge is -2.15. The number of hydrogen-bond donors (Lipinski definition) is 1. The van der Waals surface area contributed by atoms with Crippen molar-refractivity contribution in [1.82, 2.24) is 25.5 Å². The van der Waals surface area contributed by atoms with Crippen LogP contribution in [0.1, 0.15) is 18.1 Å². The van der Waals surface area contributed by atoms with Crippen LogP contribution >= 0.6 is 23.4 Å². The van der Waals surface area contributed by atoms with Gasteiger partial charge in [0.25, 0.3) is 0 Å². The minimum Gasteiger partial charge on any atom is -0.490 e. The first-order valence-electron chi connectivity index (χ1n) is 11.1. The third-order valence-electron chi connectivity index (χ3n) is 4.99. The molecule has 0 amide bonds. The Balaban J connectivity index is 1.31. The average Bonchev–Trinajstić information content (AvgIpc) is 3.35. The van der Waals surface area contributed by atoms with Gasteiger partial charge in [0.15, 0.2) is 11.5 Å². The number of benzene rings is 3. The molecule has 0 saturated carbocycles. The van der Waals surface area contributed by atoms with Crippen LogP contribution in [0.4, 0.5) is 4.39 Å². The van der Waals surface area contributed by atoms with Gasteiger partial charge in [-0.3, -0.25) is 0 Å². The van der Waals surface area contributed by atoms with Crippen LogP contribution in [-0.2, 0) is 13.2 Å². The maximum absolute atomic E-state index is 13.1. The monoisotopic (exact) mass is 513 g/mol. The second-order valence-corrected chi connectivity index (χ2v) is 8.94. The topological polar surface area (TPSA) is 74.1 Å². The van der Waals surface area contributed by atoms with Gasteiger partial charge in [-0.15, -0.1) is 5.10 Å². The van der Waals surface area contributed by atoms with Crippen molar-refractivity contribution in [3.05, 3.63) is 88.7 Å². The molecule has 0 spiro atoms. The Bertz CT molecular complexity index is 1220. The summed E-state index contributed by atoms with van der Waals surface area (Å²) in [6.07, 6.45) is 0. The molecule has 1 heterocycles. The first kappa shape index (κ1) is 25.0. The number of ether oxygens (including phenoxy) is 2.